The highest BCUT2D eigenvalue weighted by Crippen LogP contribution is 2.16. The highest BCUT2D eigenvalue weighted by Gasteiger charge is 2.23. The van der Waals surface area contributed by atoms with Crippen LogP contribution in [-0.2, 0) is 20.6 Å². The second-order valence-electron chi connectivity index (χ2n) is 7.91. The Balaban J connectivity index is 0.00000385. The van der Waals surface area contributed by atoms with Gasteiger partial charge in [-0.05, 0) is 12.5 Å². The maximum Gasteiger partial charge on any atom is 0.332 e. The molecule has 1 aromatic carbocycles. The van der Waals surface area contributed by atoms with Gasteiger partial charge >= 0.3 is 5.69 Å². The van der Waals surface area contributed by atoms with E-state index in [9.17, 15) is 19.8 Å². The molecule has 3 aromatic rings. The zero-order chi connectivity index (χ0) is 23.4. The molecule has 12 heteroatoms. The van der Waals surface area contributed by atoms with Crippen molar-refractivity contribution >= 4 is 17.1 Å². The fourth-order valence-electron chi connectivity index (χ4n) is 3.67. The van der Waals surface area contributed by atoms with E-state index >= 15 is 0 Å². The minimum absolute atomic E-state index is 0. The Morgan fingerprint density at radius 2 is 1.79 bits per heavy atom. The van der Waals surface area contributed by atoms with Crippen LogP contribution < -0.4 is 34.3 Å². The van der Waals surface area contributed by atoms with E-state index in [2.05, 4.69) is 10.3 Å². The highest BCUT2D eigenvalue weighted by molar-refractivity contribution is 5.74. The Hall–Kier alpha value is -2.70. The van der Waals surface area contributed by atoms with Crippen molar-refractivity contribution in [2.24, 2.45) is 14.1 Å². The Labute approximate surface area is 196 Å². The molecule has 0 aliphatic carbocycles. The fraction of sp³-hybridized carbons (Fsp3) is 0.476. The summed E-state index contributed by atoms with van der Waals surface area (Å²) in [6.45, 7) is 2.24. The van der Waals surface area contributed by atoms with Gasteiger partial charge in [0.05, 0.1) is 13.2 Å². The smallest absolute Gasteiger partial charge is 0.332 e. The third kappa shape index (κ3) is 5.63. The summed E-state index contributed by atoms with van der Waals surface area (Å²) in [6.07, 6.45) is -1.56. The van der Waals surface area contributed by atoms with Crippen molar-refractivity contribution in [3.05, 3.63) is 56.7 Å². The third-order valence-electron chi connectivity index (χ3n) is 5.56. The lowest BCUT2D eigenvalue weighted by Gasteiger charge is -2.20. The van der Waals surface area contributed by atoms with E-state index in [1.54, 1.807) is 0 Å². The van der Waals surface area contributed by atoms with E-state index < -0.39 is 23.5 Å². The minimum Gasteiger partial charge on any atom is -1.00 e. The maximum absolute atomic E-state index is 12.8. The van der Waals surface area contributed by atoms with Gasteiger partial charge in [0.1, 0.15) is 24.8 Å². The molecule has 33 heavy (non-hydrogen) atoms. The molecule has 0 saturated carbocycles. The molecule has 3 atom stereocenters. The van der Waals surface area contributed by atoms with Crippen LogP contribution in [0.15, 0.2) is 39.9 Å². The molecule has 2 aromatic heterocycles. The van der Waals surface area contributed by atoms with Gasteiger partial charge in [-0.1, -0.05) is 30.3 Å². The van der Waals surface area contributed by atoms with Crippen LogP contribution in [0.5, 0.6) is 0 Å². The fourth-order valence-corrected chi connectivity index (χ4v) is 3.67. The molecule has 0 aliphatic rings. The molecule has 0 radical (unpaired) electrons. The van der Waals surface area contributed by atoms with E-state index in [0.717, 1.165) is 10.1 Å². The number of anilines is 1. The van der Waals surface area contributed by atoms with Crippen LogP contribution in [0.25, 0.3) is 11.2 Å². The zero-order valence-corrected chi connectivity index (χ0v) is 19.6. The molecule has 182 valence electrons. The van der Waals surface area contributed by atoms with Gasteiger partial charge in [-0.15, -0.1) is 0 Å². The van der Waals surface area contributed by atoms with Gasteiger partial charge in [-0.3, -0.25) is 13.9 Å². The topological polar surface area (TPSA) is 151 Å². The van der Waals surface area contributed by atoms with Crippen LogP contribution in [0.2, 0.25) is 0 Å². The number of hydrogen-bond donors (Lipinski definition) is 5. The molecule has 2 heterocycles. The van der Waals surface area contributed by atoms with Gasteiger partial charge in [0, 0.05) is 20.6 Å². The summed E-state index contributed by atoms with van der Waals surface area (Å²) in [5, 5.41) is 35.2. The van der Waals surface area contributed by atoms with Crippen molar-refractivity contribution in [3.8, 4) is 0 Å². The van der Waals surface area contributed by atoms with Crippen molar-refractivity contribution < 1.29 is 33.0 Å². The largest absolute Gasteiger partial charge is 1.00 e. The van der Waals surface area contributed by atoms with E-state index in [1.165, 1.54) is 23.2 Å². The monoisotopic (exact) mass is 482 g/mol. The number of quaternary nitrogens is 1. The van der Waals surface area contributed by atoms with Gasteiger partial charge in [0.25, 0.3) is 5.56 Å². The van der Waals surface area contributed by atoms with Crippen LogP contribution >= 0.6 is 0 Å². The van der Waals surface area contributed by atoms with Crippen molar-refractivity contribution in [3.63, 3.8) is 0 Å². The summed E-state index contributed by atoms with van der Waals surface area (Å²) >= 11 is 0. The number of nitrogens with two attached hydrogens (primary N) is 1. The second kappa shape index (κ2) is 11.4. The predicted molar refractivity (Wildman–Crippen MR) is 119 cm³/mol. The molecule has 0 amide bonds. The summed E-state index contributed by atoms with van der Waals surface area (Å²) < 4.78 is 3.80. The number of aryl methyl sites for hydroxylation is 1. The van der Waals surface area contributed by atoms with Crippen LogP contribution in [0.1, 0.15) is 18.6 Å². The molecule has 0 spiro atoms. The molecule has 3 rings (SSSR count). The molecule has 0 bridgehead atoms. The number of aliphatic hydroxyl groups excluding tert-OH is 3. The Morgan fingerprint density at radius 3 is 2.42 bits per heavy atom. The third-order valence-corrected chi connectivity index (χ3v) is 5.56. The summed E-state index contributed by atoms with van der Waals surface area (Å²) in [5.41, 5.74) is 0.162. The summed E-state index contributed by atoms with van der Waals surface area (Å²) in [7, 11) is 2.91. The molecule has 0 fully saturated rings. The quantitative estimate of drug-likeness (QED) is 0.194. The molecule has 0 saturated heterocycles. The standard InChI is InChI=1S/C21H30N6O5.ClH/c1-13(17(30)14-7-5-4-6-8-14)23-11-15(29)12-27-16-18(24-20(27)22-9-10-28)25(2)21(32)26(3)19(16)31;/h4-8,13,15,17,23,28-30H,9-12H2,1-3H3,(H,22,24);1H. The Bertz CT molecular complexity index is 1180. The average Bonchev–Trinajstić information content (AvgIpc) is 3.16. The molecule has 11 nitrogen and oxygen atoms in total. The minimum atomic E-state index is -0.866. The molecular formula is C21H31ClN6O5. The number of nitrogens with zero attached hydrogens (tertiary/aromatic N) is 4. The van der Waals surface area contributed by atoms with Gasteiger partial charge in [-0.2, -0.15) is 4.98 Å². The number of benzene rings is 1. The van der Waals surface area contributed by atoms with Crippen LogP contribution in [0, 0.1) is 0 Å². The first-order chi connectivity index (χ1) is 15.3. The average molecular weight is 483 g/mol. The molecular weight excluding hydrogens is 452 g/mol. The number of imidazole rings is 1. The SMILES string of the molecule is CC([NH2+]CC(O)Cn1c(NCCO)nc2c1c(=O)n(C)c(=O)n2C)C(O)c1ccccc1.[Cl-]. The van der Waals surface area contributed by atoms with Crippen molar-refractivity contribution in [1.82, 2.24) is 18.7 Å². The number of nitrogens with one attached hydrogen (secondary N) is 1. The first-order valence-electron chi connectivity index (χ1n) is 10.5. The lowest BCUT2D eigenvalue weighted by Crippen LogP contribution is -3.00. The number of aliphatic hydroxyl groups is 3. The van der Waals surface area contributed by atoms with Crippen molar-refractivity contribution in [1.29, 1.82) is 0 Å². The number of fused-ring (bicyclic) bond motifs is 1. The number of rotatable bonds is 10. The number of aromatic nitrogens is 4. The van der Waals surface area contributed by atoms with E-state index in [1.807, 2.05) is 42.6 Å². The Kier molecular flexibility index (Phi) is 9.20. The van der Waals surface area contributed by atoms with Gasteiger partial charge < -0.3 is 42.9 Å². The van der Waals surface area contributed by atoms with Crippen LogP contribution in [-0.4, -0.2) is 65.8 Å². The van der Waals surface area contributed by atoms with Gasteiger partial charge in [0.15, 0.2) is 11.2 Å². The second-order valence-corrected chi connectivity index (χ2v) is 7.91. The van der Waals surface area contributed by atoms with E-state index in [-0.39, 0.29) is 61.8 Å². The van der Waals surface area contributed by atoms with Crippen LogP contribution in [0.4, 0.5) is 5.95 Å². The summed E-state index contributed by atoms with van der Waals surface area (Å²) in [6, 6.07) is 9.10. The maximum atomic E-state index is 12.8. The summed E-state index contributed by atoms with van der Waals surface area (Å²) in [4.78, 5) is 29.4. The molecule has 0 aliphatic heterocycles. The molecule has 6 N–H and O–H groups in total. The normalized spacial score (nSPS) is 14.0. The van der Waals surface area contributed by atoms with Crippen molar-refractivity contribution in [2.45, 2.75) is 31.7 Å². The summed E-state index contributed by atoms with van der Waals surface area (Å²) in [5.74, 6) is 0.281. The van der Waals surface area contributed by atoms with Crippen molar-refractivity contribution in [2.75, 3.05) is 25.0 Å². The lowest BCUT2D eigenvalue weighted by atomic mass is 10.0. The molecule has 3 unspecified atom stereocenters. The highest BCUT2D eigenvalue weighted by atomic mass is 35.5. The number of halogens is 1. The lowest BCUT2D eigenvalue weighted by molar-refractivity contribution is -0.699. The first-order valence-corrected chi connectivity index (χ1v) is 10.5. The first kappa shape index (κ1) is 26.6. The van der Waals surface area contributed by atoms with Crippen LogP contribution in [0.3, 0.4) is 0 Å². The Morgan fingerprint density at radius 1 is 1.12 bits per heavy atom. The van der Waals surface area contributed by atoms with Gasteiger partial charge in [-0.25, -0.2) is 4.79 Å². The zero-order valence-electron chi connectivity index (χ0n) is 18.8. The number of hydrogen-bond acceptors (Lipinski definition) is 7. The van der Waals surface area contributed by atoms with E-state index in [4.69, 9.17) is 5.11 Å². The predicted octanol–water partition coefficient (Wildman–Crippen LogP) is -5.11. The van der Waals surface area contributed by atoms with E-state index in [0.29, 0.717) is 0 Å². The van der Waals surface area contributed by atoms with Gasteiger partial charge in [0.2, 0.25) is 5.95 Å².